The summed E-state index contributed by atoms with van der Waals surface area (Å²) in [6.45, 7) is 3.95. The summed E-state index contributed by atoms with van der Waals surface area (Å²) in [5.74, 6) is -1.06. The van der Waals surface area contributed by atoms with Crippen molar-refractivity contribution in [2.45, 2.75) is 20.4 Å². The van der Waals surface area contributed by atoms with Crippen LogP contribution in [0.1, 0.15) is 27.3 Å². The summed E-state index contributed by atoms with van der Waals surface area (Å²) in [6, 6.07) is 19.2. The van der Waals surface area contributed by atoms with Crippen molar-refractivity contribution in [2.75, 3.05) is 7.05 Å². The van der Waals surface area contributed by atoms with Gasteiger partial charge in [-0.3, -0.25) is 9.59 Å². The Morgan fingerprint density at radius 2 is 1.54 bits per heavy atom. The Hall–Kier alpha value is -3.21. The van der Waals surface area contributed by atoms with Crippen molar-refractivity contribution in [1.82, 2.24) is 14.7 Å². The third-order valence-corrected chi connectivity index (χ3v) is 4.32. The number of rotatable bonds is 5. The first-order valence-corrected chi connectivity index (χ1v) is 8.44. The van der Waals surface area contributed by atoms with Crippen molar-refractivity contribution in [3.63, 3.8) is 0 Å². The molecule has 1 amide bonds. The van der Waals surface area contributed by atoms with E-state index >= 15 is 0 Å². The minimum atomic E-state index is -0.535. The third kappa shape index (κ3) is 3.42. The molecule has 1 aromatic heterocycles. The second kappa shape index (κ2) is 7.35. The molecule has 132 valence electrons. The van der Waals surface area contributed by atoms with Crippen LogP contribution in [0.4, 0.5) is 0 Å². The van der Waals surface area contributed by atoms with Gasteiger partial charge in [0.2, 0.25) is 0 Å². The fraction of sp³-hybridized carbons (Fsp3) is 0.190. The number of hydrogen-bond acceptors (Lipinski definition) is 3. The molecule has 0 saturated heterocycles. The van der Waals surface area contributed by atoms with Crippen LogP contribution in [0.15, 0.2) is 60.7 Å². The van der Waals surface area contributed by atoms with E-state index in [4.69, 9.17) is 0 Å². The summed E-state index contributed by atoms with van der Waals surface area (Å²) in [6.07, 6.45) is 0. The van der Waals surface area contributed by atoms with Crippen LogP contribution in [0, 0.1) is 13.8 Å². The highest BCUT2D eigenvalue weighted by atomic mass is 16.2. The number of ketones is 1. The first-order valence-electron chi connectivity index (χ1n) is 8.44. The lowest BCUT2D eigenvalue weighted by atomic mass is 10.1. The highest BCUT2D eigenvalue weighted by Crippen LogP contribution is 2.19. The average molecular weight is 347 g/mol. The Morgan fingerprint density at radius 1 is 0.962 bits per heavy atom. The second-order valence-corrected chi connectivity index (χ2v) is 6.27. The fourth-order valence-corrected chi connectivity index (χ4v) is 3.00. The number of nitrogens with zero attached hydrogens (tertiary/aromatic N) is 3. The van der Waals surface area contributed by atoms with E-state index in [0.29, 0.717) is 23.5 Å². The van der Waals surface area contributed by atoms with E-state index in [0.717, 1.165) is 11.3 Å². The Kier molecular flexibility index (Phi) is 4.98. The number of aryl methyl sites for hydroxylation is 1. The summed E-state index contributed by atoms with van der Waals surface area (Å²) >= 11 is 0. The summed E-state index contributed by atoms with van der Waals surface area (Å²) in [4.78, 5) is 26.9. The van der Waals surface area contributed by atoms with Crippen molar-refractivity contribution in [2.24, 2.45) is 0 Å². The van der Waals surface area contributed by atoms with Crippen molar-refractivity contribution >= 4 is 11.7 Å². The zero-order chi connectivity index (χ0) is 18.7. The molecule has 0 spiro atoms. The van der Waals surface area contributed by atoms with E-state index in [2.05, 4.69) is 5.10 Å². The summed E-state index contributed by atoms with van der Waals surface area (Å²) in [5, 5.41) is 4.45. The van der Waals surface area contributed by atoms with E-state index in [1.54, 1.807) is 18.7 Å². The van der Waals surface area contributed by atoms with Crippen molar-refractivity contribution in [1.29, 1.82) is 0 Å². The zero-order valence-corrected chi connectivity index (χ0v) is 15.1. The zero-order valence-electron chi connectivity index (χ0n) is 15.1. The van der Waals surface area contributed by atoms with Crippen molar-refractivity contribution in [3.05, 3.63) is 83.2 Å². The van der Waals surface area contributed by atoms with Crippen LogP contribution in [0.5, 0.6) is 0 Å². The number of carbonyl (C=O) groups excluding carboxylic acids is 2. The van der Waals surface area contributed by atoms with Gasteiger partial charge in [-0.2, -0.15) is 5.10 Å². The Bertz CT molecular complexity index is 931. The predicted octanol–water partition coefficient (Wildman–Crippen LogP) is 3.33. The van der Waals surface area contributed by atoms with Crippen LogP contribution in [-0.2, 0) is 11.3 Å². The van der Waals surface area contributed by atoms with E-state index < -0.39 is 11.7 Å². The molecule has 5 heteroatoms. The average Bonchev–Trinajstić information content (AvgIpc) is 2.96. The van der Waals surface area contributed by atoms with Crippen molar-refractivity contribution < 1.29 is 9.59 Å². The van der Waals surface area contributed by atoms with Gasteiger partial charge in [0.15, 0.2) is 0 Å². The summed E-state index contributed by atoms with van der Waals surface area (Å²) < 4.78 is 1.70. The molecule has 1 heterocycles. The maximum Gasteiger partial charge on any atom is 0.295 e. The predicted molar refractivity (Wildman–Crippen MR) is 100 cm³/mol. The minimum absolute atomic E-state index is 0.374. The monoisotopic (exact) mass is 347 g/mol. The fourth-order valence-electron chi connectivity index (χ4n) is 3.00. The molecule has 0 atom stereocenters. The Labute approximate surface area is 152 Å². The van der Waals surface area contributed by atoms with Crippen molar-refractivity contribution in [3.8, 4) is 5.69 Å². The van der Waals surface area contributed by atoms with Crippen LogP contribution in [0.3, 0.4) is 0 Å². The first-order chi connectivity index (χ1) is 12.5. The first kappa shape index (κ1) is 17.6. The molecule has 0 fully saturated rings. The number of para-hydroxylation sites is 1. The molecule has 0 aliphatic rings. The lowest BCUT2D eigenvalue weighted by molar-refractivity contribution is -0.125. The van der Waals surface area contributed by atoms with Crippen LogP contribution >= 0.6 is 0 Å². The smallest absolute Gasteiger partial charge is 0.295 e. The molecule has 0 N–H and O–H groups in total. The molecule has 26 heavy (non-hydrogen) atoms. The van der Waals surface area contributed by atoms with Crippen LogP contribution < -0.4 is 0 Å². The number of amides is 1. The molecule has 2 aromatic carbocycles. The summed E-state index contributed by atoms with van der Waals surface area (Å²) in [5.41, 5.74) is 3.43. The number of Topliss-reactive ketones (excluding diaryl/α,β-unsaturated/α-hetero) is 1. The SMILES string of the molecule is Cc1nn(-c2ccccc2)c(C)c1C(=O)C(=O)N(C)Cc1ccccc1. The standard InChI is InChI=1S/C21H21N3O2/c1-15-19(16(2)24(22-15)18-12-8-5-9-13-18)20(25)21(26)23(3)14-17-10-6-4-7-11-17/h4-13H,14H2,1-3H3. The minimum Gasteiger partial charge on any atom is -0.335 e. The normalized spacial score (nSPS) is 10.6. The number of benzene rings is 2. The molecular formula is C21H21N3O2. The van der Waals surface area contributed by atoms with Gasteiger partial charge in [-0.25, -0.2) is 4.68 Å². The quantitative estimate of drug-likeness (QED) is 0.525. The van der Waals surface area contributed by atoms with Gasteiger partial charge < -0.3 is 4.90 Å². The maximum atomic E-state index is 12.8. The molecule has 0 aliphatic carbocycles. The molecule has 0 bridgehead atoms. The lowest BCUT2D eigenvalue weighted by Gasteiger charge is -2.16. The van der Waals surface area contributed by atoms with E-state index in [-0.39, 0.29) is 0 Å². The number of likely N-dealkylation sites (N-methyl/N-ethyl adjacent to an activating group) is 1. The highest BCUT2D eigenvalue weighted by Gasteiger charge is 2.27. The molecule has 0 saturated carbocycles. The largest absolute Gasteiger partial charge is 0.335 e. The van der Waals surface area contributed by atoms with Crippen LogP contribution in [0.2, 0.25) is 0 Å². The lowest BCUT2D eigenvalue weighted by Crippen LogP contribution is -2.33. The van der Waals surface area contributed by atoms with Gasteiger partial charge in [-0.1, -0.05) is 48.5 Å². The highest BCUT2D eigenvalue weighted by molar-refractivity contribution is 6.43. The number of aromatic nitrogens is 2. The van der Waals surface area contributed by atoms with E-state index in [9.17, 15) is 9.59 Å². The van der Waals surface area contributed by atoms with Gasteiger partial charge in [0, 0.05) is 13.6 Å². The third-order valence-electron chi connectivity index (χ3n) is 4.32. The second-order valence-electron chi connectivity index (χ2n) is 6.27. The summed E-state index contributed by atoms with van der Waals surface area (Å²) in [7, 11) is 1.64. The topological polar surface area (TPSA) is 55.2 Å². The van der Waals surface area contributed by atoms with Gasteiger partial charge in [0.1, 0.15) is 0 Å². The number of hydrogen-bond donors (Lipinski definition) is 0. The maximum absolute atomic E-state index is 12.8. The van der Waals surface area contributed by atoms with Crippen LogP contribution in [-0.4, -0.2) is 33.4 Å². The number of carbonyl (C=O) groups is 2. The van der Waals surface area contributed by atoms with Crippen LogP contribution in [0.25, 0.3) is 5.69 Å². The molecule has 0 unspecified atom stereocenters. The molecule has 0 aliphatic heterocycles. The van der Waals surface area contributed by atoms with Gasteiger partial charge in [-0.05, 0) is 31.5 Å². The molecule has 5 nitrogen and oxygen atoms in total. The molecule has 3 rings (SSSR count). The van der Waals surface area contributed by atoms with Gasteiger partial charge in [-0.15, -0.1) is 0 Å². The van der Waals surface area contributed by atoms with E-state index in [1.165, 1.54) is 4.90 Å². The Morgan fingerprint density at radius 3 is 2.15 bits per heavy atom. The Balaban J connectivity index is 1.85. The van der Waals surface area contributed by atoms with E-state index in [1.807, 2.05) is 67.6 Å². The molecule has 3 aromatic rings. The van der Waals surface area contributed by atoms with Gasteiger partial charge in [0.05, 0.1) is 22.6 Å². The molecule has 0 radical (unpaired) electrons. The van der Waals surface area contributed by atoms with Gasteiger partial charge in [0.25, 0.3) is 11.7 Å². The van der Waals surface area contributed by atoms with Gasteiger partial charge >= 0.3 is 0 Å². The molecular weight excluding hydrogens is 326 g/mol.